The molecule has 0 aromatic carbocycles. The van der Waals surface area contributed by atoms with Crippen molar-refractivity contribution < 1.29 is 14.0 Å². The largest absolute Gasteiger partial charge is 0.456 e. The second-order valence-electron chi connectivity index (χ2n) is 8.55. The summed E-state index contributed by atoms with van der Waals surface area (Å²) in [6, 6.07) is 3.51. The van der Waals surface area contributed by atoms with Gasteiger partial charge in [0.25, 0.3) is 5.91 Å². The van der Waals surface area contributed by atoms with Crippen molar-refractivity contribution in [2.24, 2.45) is 7.05 Å². The zero-order valence-corrected chi connectivity index (χ0v) is 19.0. The van der Waals surface area contributed by atoms with E-state index in [1.165, 1.54) is 0 Å². The van der Waals surface area contributed by atoms with Crippen LogP contribution in [0.2, 0.25) is 0 Å². The minimum atomic E-state index is -0.0855. The lowest BCUT2D eigenvalue weighted by atomic mass is 10.2. The number of carbonyl (C=O) groups is 2. The van der Waals surface area contributed by atoms with Gasteiger partial charge in [-0.25, -0.2) is 9.97 Å². The third kappa shape index (κ3) is 4.28. The van der Waals surface area contributed by atoms with Gasteiger partial charge >= 0.3 is 0 Å². The average molecular weight is 453 g/mol. The highest BCUT2D eigenvalue weighted by Crippen LogP contribution is 2.23. The predicted molar refractivity (Wildman–Crippen MR) is 121 cm³/mol. The average Bonchev–Trinajstić information content (AvgIpc) is 3.45. The van der Waals surface area contributed by atoms with Gasteiger partial charge in [0.1, 0.15) is 17.9 Å². The van der Waals surface area contributed by atoms with E-state index in [-0.39, 0.29) is 11.8 Å². The first-order valence-electron chi connectivity index (χ1n) is 11.2. The number of furan rings is 1. The topological polar surface area (TPSA) is 104 Å². The molecule has 2 saturated heterocycles. The van der Waals surface area contributed by atoms with Crippen molar-refractivity contribution in [3.05, 3.63) is 36.2 Å². The number of fused-ring (bicyclic) bond motifs is 1. The Balaban J connectivity index is 1.11. The number of aryl methyl sites for hydroxylation is 2. The van der Waals surface area contributed by atoms with E-state index in [0.717, 1.165) is 35.7 Å². The summed E-state index contributed by atoms with van der Waals surface area (Å²) in [6.07, 6.45) is 3.36. The molecule has 33 heavy (non-hydrogen) atoms. The number of amides is 2. The normalized spacial score (nSPS) is 17.7. The fourth-order valence-corrected chi connectivity index (χ4v) is 4.48. The number of anilines is 1. The molecule has 0 aliphatic carbocycles. The summed E-state index contributed by atoms with van der Waals surface area (Å²) in [4.78, 5) is 42.2. The molecule has 3 aromatic rings. The summed E-state index contributed by atoms with van der Waals surface area (Å²) in [5.74, 6) is 2.02. The lowest BCUT2D eigenvalue weighted by Gasteiger charge is -2.38. The summed E-state index contributed by atoms with van der Waals surface area (Å²) in [6.45, 7) is 7.49. The first-order chi connectivity index (χ1) is 16.0. The fourth-order valence-electron chi connectivity index (χ4n) is 4.48. The summed E-state index contributed by atoms with van der Waals surface area (Å²) >= 11 is 0. The quantitative estimate of drug-likeness (QED) is 0.559. The molecule has 2 fully saturated rings. The number of rotatable bonds is 4. The number of hydrogen-bond donors (Lipinski definition) is 0. The Kier molecular flexibility index (Phi) is 5.71. The van der Waals surface area contributed by atoms with Crippen LogP contribution in [-0.4, -0.2) is 105 Å². The number of piperazine rings is 2. The molecule has 0 saturated carbocycles. The second-order valence-corrected chi connectivity index (χ2v) is 8.55. The molecule has 0 atom stereocenters. The van der Waals surface area contributed by atoms with E-state index in [0.29, 0.717) is 51.6 Å². The maximum absolute atomic E-state index is 12.9. The molecule has 0 spiro atoms. The number of nitrogens with zero attached hydrogens (tertiary/aromatic N) is 8. The van der Waals surface area contributed by atoms with Gasteiger partial charge in [-0.2, -0.15) is 5.10 Å². The Morgan fingerprint density at radius 2 is 1.70 bits per heavy atom. The van der Waals surface area contributed by atoms with Crippen molar-refractivity contribution in [1.29, 1.82) is 0 Å². The van der Waals surface area contributed by atoms with Gasteiger partial charge in [-0.1, -0.05) is 0 Å². The lowest BCUT2D eigenvalue weighted by Crippen LogP contribution is -2.54. The number of hydrogen-bond acceptors (Lipinski definition) is 8. The molecule has 2 amide bonds. The van der Waals surface area contributed by atoms with Crippen molar-refractivity contribution in [2.45, 2.75) is 6.92 Å². The Labute approximate surface area is 191 Å². The summed E-state index contributed by atoms with van der Waals surface area (Å²) < 4.78 is 7.19. The van der Waals surface area contributed by atoms with Crippen LogP contribution in [0.25, 0.3) is 11.0 Å². The minimum Gasteiger partial charge on any atom is -0.456 e. The van der Waals surface area contributed by atoms with Crippen LogP contribution in [0.3, 0.4) is 0 Å². The van der Waals surface area contributed by atoms with Crippen LogP contribution < -0.4 is 4.90 Å². The van der Waals surface area contributed by atoms with E-state index in [2.05, 4.69) is 24.9 Å². The maximum atomic E-state index is 12.9. The van der Waals surface area contributed by atoms with Gasteiger partial charge in [0.2, 0.25) is 5.91 Å². The molecule has 5 heterocycles. The number of carbonyl (C=O) groups excluding carboxylic acids is 2. The fraction of sp³-hybridized carbons (Fsp3) is 0.500. The summed E-state index contributed by atoms with van der Waals surface area (Å²) in [5.41, 5.74) is 0.804. The highest BCUT2D eigenvalue weighted by Gasteiger charge is 2.28. The Hall–Kier alpha value is -3.47. The predicted octanol–water partition coefficient (Wildman–Crippen LogP) is 0.371. The molecule has 3 aromatic heterocycles. The van der Waals surface area contributed by atoms with Crippen LogP contribution in [0.5, 0.6) is 0 Å². The van der Waals surface area contributed by atoms with Crippen molar-refractivity contribution in [3.63, 3.8) is 0 Å². The molecule has 2 aliphatic heterocycles. The zero-order valence-electron chi connectivity index (χ0n) is 19.0. The van der Waals surface area contributed by atoms with Crippen LogP contribution in [0.4, 0.5) is 5.82 Å². The molecule has 11 heteroatoms. The van der Waals surface area contributed by atoms with Gasteiger partial charge in [-0.05, 0) is 19.1 Å². The van der Waals surface area contributed by atoms with Gasteiger partial charge in [-0.15, -0.1) is 0 Å². The van der Waals surface area contributed by atoms with Gasteiger partial charge in [0, 0.05) is 59.4 Å². The molecule has 2 aliphatic rings. The molecular formula is C22H28N8O3. The summed E-state index contributed by atoms with van der Waals surface area (Å²) in [5, 5.41) is 5.21. The molecule has 174 valence electrons. The Bertz CT molecular complexity index is 1160. The molecule has 0 bridgehead atoms. The van der Waals surface area contributed by atoms with E-state index in [1.807, 2.05) is 18.9 Å². The van der Waals surface area contributed by atoms with Crippen molar-refractivity contribution in [2.75, 3.05) is 63.8 Å². The first kappa shape index (κ1) is 21.4. The third-order valence-corrected chi connectivity index (χ3v) is 6.41. The zero-order chi connectivity index (χ0) is 22.9. The SMILES string of the molecule is Cc1ccc(C(=O)N2CCN(CC(=O)N3CCN(c4ncnc5c4cnn5C)CC3)CC2)o1. The third-order valence-electron chi connectivity index (χ3n) is 6.41. The second kappa shape index (κ2) is 8.81. The van der Waals surface area contributed by atoms with E-state index in [9.17, 15) is 9.59 Å². The molecular weight excluding hydrogens is 424 g/mol. The number of aromatic nitrogens is 4. The molecule has 5 rings (SSSR count). The van der Waals surface area contributed by atoms with Crippen LogP contribution in [0.1, 0.15) is 16.3 Å². The van der Waals surface area contributed by atoms with Crippen molar-refractivity contribution >= 4 is 28.7 Å². The van der Waals surface area contributed by atoms with E-state index in [4.69, 9.17) is 4.42 Å². The van der Waals surface area contributed by atoms with E-state index >= 15 is 0 Å². The Morgan fingerprint density at radius 3 is 2.39 bits per heavy atom. The van der Waals surface area contributed by atoms with Crippen LogP contribution in [-0.2, 0) is 11.8 Å². The Morgan fingerprint density at radius 1 is 0.970 bits per heavy atom. The summed E-state index contributed by atoms with van der Waals surface area (Å²) in [7, 11) is 1.86. The van der Waals surface area contributed by atoms with Gasteiger partial charge in [-0.3, -0.25) is 19.2 Å². The molecule has 0 radical (unpaired) electrons. The first-order valence-corrected chi connectivity index (χ1v) is 11.2. The van der Waals surface area contributed by atoms with Crippen LogP contribution in [0.15, 0.2) is 29.1 Å². The van der Waals surface area contributed by atoms with Crippen molar-refractivity contribution in [3.8, 4) is 0 Å². The molecule has 11 nitrogen and oxygen atoms in total. The highest BCUT2D eigenvalue weighted by atomic mass is 16.3. The smallest absolute Gasteiger partial charge is 0.289 e. The van der Waals surface area contributed by atoms with Gasteiger partial charge in [0.05, 0.1) is 18.1 Å². The van der Waals surface area contributed by atoms with Gasteiger partial charge in [0.15, 0.2) is 11.4 Å². The standard InChI is InChI=1S/C22H28N8O3/c1-16-3-4-18(33-16)22(32)30-7-5-27(6-8-30)14-19(31)28-9-11-29(12-10-28)21-17-13-25-26(2)20(17)23-15-24-21/h3-4,13,15H,5-12,14H2,1-2H3. The minimum absolute atomic E-state index is 0.0855. The van der Waals surface area contributed by atoms with Crippen molar-refractivity contribution in [1.82, 2.24) is 34.4 Å². The maximum Gasteiger partial charge on any atom is 0.289 e. The molecule has 0 unspecified atom stereocenters. The monoisotopic (exact) mass is 452 g/mol. The van der Waals surface area contributed by atoms with Gasteiger partial charge < -0.3 is 19.1 Å². The van der Waals surface area contributed by atoms with E-state index in [1.54, 1.807) is 34.2 Å². The van der Waals surface area contributed by atoms with E-state index < -0.39 is 0 Å². The van der Waals surface area contributed by atoms with Crippen LogP contribution in [0, 0.1) is 6.92 Å². The van der Waals surface area contributed by atoms with Crippen LogP contribution >= 0.6 is 0 Å². The molecule has 0 N–H and O–H groups in total. The highest BCUT2D eigenvalue weighted by molar-refractivity contribution is 5.91. The lowest BCUT2D eigenvalue weighted by molar-refractivity contribution is -0.133.